The topological polar surface area (TPSA) is 76.5 Å². The van der Waals surface area contributed by atoms with Gasteiger partial charge in [0.2, 0.25) is 0 Å². The van der Waals surface area contributed by atoms with Crippen molar-refractivity contribution < 1.29 is 0 Å². The Bertz CT molecular complexity index is 906. The van der Waals surface area contributed by atoms with Gasteiger partial charge in [-0.2, -0.15) is 5.21 Å². The highest BCUT2D eigenvalue weighted by atomic mass is 32.1. The molecule has 7 heteroatoms. The number of nitrogens with one attached hydrogen (secondary N) is 1. The Morgan fingerprint density at radius 2 is 2.14 bits per heavy atom. The van der Waals surface area contributed by atoms with Crippen LogP contribution in [0.25, 0.3) is 12.7 Å². The van der Waals surface area contributed by atoms with Gasteiger partial charge in [-0.05, 0) is 18.6 Å². The van der Waals surface area contributed by atoms with Crippen LogP contribution in [0.1, 0.15) is 17.0 Å². The first kappa shape index (κ1) is 13.4. The number of nitrogens with zero attached hydrogens (tertiary/aromatic N) is 4. The molecular weight excluding hydrogens is 286 g/mol. The summed E-state index contributed by atoms with van der Waals surface area (Å²) >= 11 is 1.17. The smallest absolute Gasteiger partial charge is 0.291 e. The number of aromatic nitrogens is 5. The van der Waals surface area contributed by atoms with E-state index in [4.69, 9.17) is 0 Å². The Kier molecular flexibility index (Phi) is 3.49. The van der Waals surface area contributed by atoms with Crippen LogP contribution in [0.15, 0.2) is 29.1 Å². The zero-order valence-corrected chi connectivity index (χ0v) is 12.2. The normalized spacial score (nSPS) is 12.0. The van der Waals surface area contributed by atoms with Crippen molar-refractivity contribution in [1.29, 1.82) is 0 Å². The Morgan fingerprint density at radius 3 is 2.81 bits per heavy atom. The average molecular weight is 299 g/mol. The first-order chi connectivity index (χ1) is 10.1. The van der Waals surface area contributed by atoms with Crippen molar-refractivity contribution in [2.75, 3.05) is 0 Å². The van der Waals surface area contributed by atoms with E-state index in [0.717, 1.165) is 10.1 Å². The number of tetrazole rings is 1. The van der Waals surface area contributed by atoms with E-state index in [1.807, 2.05) is 37.3 Å². The summed E-state index contributed by atoms with van der Waals surface area (Å²) in [7, 11) is 0. The first-order valence-electron chi connectivity index (χ1n) is 6.33. The summed E-state index contributed by atoms with van der Waals surface area (Å²) < 4.78 is 2.39. The third-order valence-corrected chi connectivity index (χ3v) is 4.06. The zero-order chi connectivity index (χ0) is 14.8. The predicted molar refractivity (Wildman–Crippen MR) is 81.4 cm³/mol. The number of thiazole rings is 1. The second-order valence-corrected chi connectivity index (χ2v) is 5.64. The molecule has 0 fully saturated rings. The Balaban J connectivity index is 2.03. The molecule has 0 unspecified atom stereocenters. The van der Waals surface area contributed by atoms with Crippen molar-refractivity contribution in [2.24, 2.45) is 0 Å². The fourth-order valence-electron chi connectivity index (χ4n) is 1.93. The second kappa shape index (κ2) is 5.45. The minimum Gasteiger partial charge on any atom is -0.291 e. The highest BCUT2D eigenvalue weighted by Gasteiger charge is 2.06. The molecule has 3 aromatic rings. The summed E-state index contributed by atoms with van der Waals surface area (Å²) in [5.74, 6) is 0.460. The predicted octanol–water partition coefficient (Wildman–Crippen LogP) is 0.0187. The van der Waals surface area contributed by atoms with Crippen LogP contribution in [-0.2, 0) is 6.54 Å². The molecule has 2 heterocycles. The second-order valence-electron chi connectivity index (χ2n) is 4.65. The molecule has 21 heavy (non-hydrogen) atoms. The molecule has 0 saturated heterocycles. The standard InChI is InChI=1S/C14H13N5OS/c1-9-3-5-11(6-4-9)7-12-10(2)19(14(20)21-12)8-13-15-17-18-16-13/h3-7H,2,8H2,1H3,(H,15,16,17,18)/b12-7-. The molecule has 0 aliphatic carbocycles. The number of aromatic amines is 1. The molecule has 1 aromatic carbocycles. The zero-order valence-electron chi connectivity index (χ0n) is 11.4. The molecule has 0 amide bonds. The Morgan fingerprint density at radius 1 is 1.38 bits per heavy atom. The number of hydrogen-bond acceptors (Lipinski definition) is 5. The lowest BCUT2D eigenvalue weighted by molar-refractivity contribution is 0.714. The molecule has 106 valence electrons. The number of benzene rings is 1. The van der Waals surface area contributed by atoms with Gasteiger partial charge < -0.3 is 0 Å². The van der Waals surface area contributed by atoms with E-state index in [2.05, 4.69) is 27.2 Å². The van der Waals surface area contributed by atoms with Gasteiger partial charge in [0, 0.05) is 0 Å². The largest absolute Gasteiger partial charge is 0.308 e. The highest BCUT2D eigenvalue weighted by molar-refractivity contribution is 7.07. The SMILES string of the molecule is C=c1/c(=C/c2ccc(C)cc2)sc(=O)n1Cc1nn[nH]n1. The van der Waals surface area contributed by atoms with Crippen LogP contribution >= 0.6 is 11.3 Å². The number of aryl methyl sites for hydroxylation is 1. The van der Waals surface area contributed by atoms with Gasteiger partial charge in [0.25, 0.3) is 0 Å². The summed E-state index contributed by atoms with van der Waals surface area (Å²) in [5.41, 5.74) is 2.24. The van der Waals surface area contributed by atoms with Gasteiger partial charge in [0.1, 0.15) is 0 Å². The van der Waals surface area contributed by atoms with E-state index in [9.17, 15) is 4.79 Å². The fourth-order valence-corrected chi connectivity index (χ4v) is 2.83. The molecule has 0 bridgehead atoms. The summed E-state index contributed by atoms with van der Waals surface area (Å²) in [5, 5.41) is 14.2. The monoisotopic (exact) mass is 299 g/mol. The van der Waals surface area contributed by atoms with Crippen molar-refractivity contribution in [3.8, 4) is 0 Å². The van der Waals surface area contributed by atoms with E-state index in [0.29, 0.717) is 11.2 Å². The van der Waals surface area contributed by atoms with Crippen LogP contribution in [0.5, 0.6) is 0 Å². The minimum absolute atomic E-state index is 0.0804. The fraction of sp³-hybridized carbons (Fsp3) is 0.143. The summed E-state index contributed by atoms with van der Waals surface area (Å²) in [6.07, 6.45) is 1.96. The lowest BCUT2D eigenvalue weighted by atomic mass is 10.1. The maximum atomic E-state index is 12.1. The summed E-state index contributed by atoms with van der Waals surface area (Å²) in [6.45, 7) is 6.30. The number of rotatable bonds is 3. The van der Waals surface area contributed by atoms with Crippen molar-refractivity contribution in [3.63, 3.8) is 0 Å². The molecular formula is C14H13N5OS. The third-order valence-electron chi connectivity index (χ3n) is 3.09. The maximum absolute atomic E-state index is 12.1. The van der Waals surface area contributed by atoms with E-state index in [-0.39, 0.29) is 11.4 Å². The molecule has 0 aliphatic heterocycles. The van der Waals surface area contributed by atoms with Gasteiger partial charge in [-0.3, -0.25) is 9.36 Å². The lowest BCUT2D eigenvalue weighted by Gasteiger charge is -1.95. The van der Waals surface area contributed by atoms with Gasteiger partial charge in [0.05, 0.1) is 16.4 Å². The minimum atomic E-state index is -0.0804. The van der Waals surface area contributed by atoms with E-state index in [1.54, 1.807) is 4.57 Å². The number of hydrogen-bond donors (Lipinski definition) is 1. The van der Waals surface area contributed by atoms with Gasteiger partial charge >= 0.3 is 4.87 Å². The Hall–Kier alpha value is -2.54. The van der Waals surface area contributed by atoms with Gasteiger partial charge in [-0.15, -0.1) is 10.2 Å². The molecule has 0 radical (unpaired) electrons. The van der Waals surface area contributed by atoms with Crippen molar-refractivity contribution in [2.45, 2.75) is 13.5 Å². The molecule has 1 N–H and O–H groups in total. The maximum Gasteiger partial charge on any atom is 0.308 e. The van der Waals surface area contributed by atoms with Gasteiger partial charge in [-0.25, -0.2) is 0 Å². The van der Waals surface area contributed by atoms with E-state index in [1.165, 1.54) is 16.9 Å². The van der Waals surface area contributed by atoms with Crippen molar-refractivity contribution in [1.82, 2.24) is 25.2 Å². The van der Waals surface area contributed by atoms with Crippen LogP contribution in [0.2, 0.25) is 0 Å². The van der Waals surface area contributed by atoms with Gasteiger partial charge in [-0.1, -0.05) is 53.0 Å². The average Bonchev–Trinajstić information content (AvgIpc) is 3.06. The molecule has 6 nitrogen and oxygen atoms in total. The molecule has 0 atom stereocenters. The lowest BCUT2D eigenvalue weighted by Crippen LogP contribution is -2.31. The number of H-pyrrole nitrogens is 1. The van der Waals surface area contributed by atoms with Crippen molar-refractivity contribution >= 4 is 24.0 Å². The van der Waals surface area contributed by atoms with Crippen LogP contribution in [-0.4, -0.2) is 25.2 Å². The van der Waals surface area contributed by atoms with Crippen LogP contribution in [0.3, 0.4) is 0 Å². The summed E-state index contributed by atoms with van der Waals surface area (Å²) in [4.78, 5) is 12.0. The molecule has 2 aromatic heterocycles. The van der Waals surface area contributed by atoms with Gasteiger partial charge in [0.15, 0.2) is 5.82 Å². The summed E-state index contributed by atoms with van der Waals surface area (Å²) in [6, 6.07) is 8.10. The van der Waals surface area contributed by atoms with Crippen LogP contribution in [0, 0.1) is 6.92 Å². The molecule has 0 spiro atoms. The Labute approximate surface area is 124 Å². The van der Waals surface area contributed by atoms with Crippen LogP contribution < -0.4 is 14.8 Å². The highest BCUT2D eigenvalue weighted by Crippen LogP contribution is 2.03. The first-order valence-corrected chi connectivity index (χ1v) is 7.14. The van der Waals surface area contributed by atoms with E-state index >= 15 is 0 Å². The van der Waals surface area contributed by atoms with Crippen molar-refractivity contribution in [3.05, 3.63) is 60.8 Å². The molecule has 0 aliphatic rings. The quantitative estimate of drug-likeness (QED) is 0.739. The van der Waals surface area contributed by atoms with Crippen LogP contribution in [0.4, 0.5) is 0 Å². The molecule has 3 rings (SSSR count). The third kappa shape index (κ3) is 2.82. The molecule has 0 saturated carbocycles. The van der Waals surface area contributed by atoms with E-state index < -0.39 is 0 Å².